The number of carboxylic acids is 1. The van der Waals surface area contributed by atoms with E-state index in [0.29, 0.717) is 16.8 Å². The van der Waals surface area contributed by atoms with Crippen molar-refractivity contribution in [1.29, 1.82) is 10.8 Å². The van der Waals surface area contributed by atoms with Crippen LogP contribution >= 0.6 is 0 Å². The van der Waals surface area contributed by atoms with Gasteiger partial charge in [-0.1, -0.05) is 12.1 Å². The van der Waals surface area contributed by atoms with Crippen LogP contribution in [0.1, 0.15) is 34.3 Å². The van der Waals surface area contributed by atoms with Crippen molar-refractivity contribution < 1.29 is 29.1 Å². The summed E-state index contributed by atoms with van der Waals surface area (Å²) in [6, 6.07) is 11.1. The van der Waals surface area contributed by atoms with Crippen LogP contribution in [-0.4, -0.2) is 88.4 Å². The lowest BCUT2D eigenvalue weighted by atomic mass is 10.0. The molecular formula is C26H30N8O6. The SMILES string of the molecule is N=C(N)c1ccc(NC(=O)CCC2C(=O)N(CC(=O)O)CCN2C(=O)CNC(=O)c2ccc(C(=N)N)cc2)cc1. The molecule has 1 fully saturated rings. The molecule has 14 heteroatoms. The number of benzene rings is 2. The van der Waals surface area contributed by atoms with Gasteiger partial charge < -0.3 is 37.0 Å². The van der Waals surface area contributed by atoms with Crippen LogP contribution in [0.5, 0.6) is 0 Å². The number of carbonyl (C=O) groups is 5. The highest BCUT2D eigenvalue weighted by molar-refractivity contribution is 6.00. The van der Waals surface area contributed by atoms with Gasteiger partial charge >= 0.3 is 5.97 Å². The molecule has 40 heavy (non-hydrogen) atoms. The van der Waals surface area contributed by atoms with Crippen LogP contribution < -0.4 is 22.1 Å². The first-order valence-electron chi connectivity index (χ1n) is 12.2. The number of piperazine rings is 1. The van der Waals surface area contributed by atoms with Gasteiger partial charge in [-0.05, 0) is 42.8 Å². The van der Waals surface area contributed by atoms with Crippen LogP contribution in [0.2, 0.25) is 0 Å². The molecule has 4 amide bonds. The van der Waals surface area contributed by atoms with E-state index < -0.39 is 48.7 Å². The normalized spacial score (nSPS) is 14.8. The monoisotopic (exact) mass is 550 g/mol. The van der Waals surface area contributed by atoms with E-state index in [1.54, 1.807) is 24.3 Å². The third-order valence-electron chi connectivity index (χ3n) is 6.21. The number of rotatable bonds is 11. The first kappa shape index (κ1) is 29.3. The molecule has 14 nitrogen and oxygen atoms in total. The number of nitrogens with one attached hydrogen (secondary N) is 4. The van der Waals surface area contributed by atoms with Crippen LogP contribution in [0, 0.1) is 10.8 Å². The molecule has 3 rings (SSSR count). The molecule has 1 unspecified atom stereocenters. The van der Waals surface area contributed by atoms with E-state index in [2.05, 4.69) is 10.6 Å². The predicted octanol–water partition coefficient (Wildman–Crippen LogP) is -0.473. The van der Waals surface area contributed by atoms with Gasteiger partial charge in [0.1, 0.15) is 24.3 Å². The van der Waals surface area contributed by atoms with E-state index in [1.165, 1.54) is 29.2 Å². The Morgan fingerprint density at radius 3 is 2.00 bits per heavy atom. The Hall–Kier alpha value is -5.27. The summed E-state index contributed by atoms with van der Waals surface area (Å²) in [4.78, 5) is 64.8. The van der Waals surface area contributed by atoms with E-state index in [0.717, 1.165) is 4.90 Å². The van der Waals surface area contributed by atoms with E-state index in [9.17, 15) is 24.0 Å². The van der Waals surface area contributed by atoms with E-state index in [4.69, 9.17) is 27.4 Å². The Morgan fingerprint density at radius 1 is 0.900 bits per heavy atom. The van der Waals surface area contributed by atoms with Crippen molar-refractivity contribution in [3.8, 4) is 0 Å². The molecule has 1 aliphatic rings. The lowest BCUT2D eigenvalue weighted by Crippen LogP contribution is -2.60. The average Bonchev–Trinajstić information content (AvgIpc) is 2.92. The van der Waals surface area contributed by atoms with E-state index >= 15 is 0 Å². The topological polar surface area (TPSA) is 236 Å². The molecule has 0 aliphatic carbocycles. The van der Waals surface area contributed by atoms with Gasteiger partial charge in [0.25, 0.3) is 5.91 Å². The van der Waals surface area contributed by atoms with Crippen LogP contribution in [-0.2, 0) is 19.2 Å². The van der Waals surface area contributed by atoms with Crippen molar-refractivity contribution in [2.24, 2.45) is 11.5 Å². The molecule has 0 spiro atoms. The van der Waals surface area contributed by atoms with Gasteiger partial charge in [0.15, 0.2) is 0 Å². The minimum Gasteiger partial charge on any atom is -0.480 e. The zero-order valence-corrected chi connectivity index (χ0v) is 21.5. The molecule has 2 aromatic rings. The van der Waals surface area contributed by atoms with Crippen molar-refractivity contribution in [3.63, 3.8) is 0 Å². The van der Waals surface area contributed by atoms with Crippen molar-refractivity contribution >= 4 is 47.0 Å². The minimum absolute atomic E-state index is 0.0114. The number of amidine groups is 2. The van der Waals surface area contributed by atoms with Gasteiger partial charge in [-0.3, -0.25) is 34.8 Å². The number of nitrogen functional groups attached to an aromatic ring is 2. The Bertz CT molecular complexity index is 1330. The Kier molecular flexibility index (Phi) is 9.52. The fourth-order valence-corrected chi connectivity index (χ4v) is 4.12. The standard InChI is InChI=1S/C26H30N8O6/c27-23(28)15-1-3-17(4-2-15)25(39)31-13-21(36)34-12-11-33(14-22(37)38)26(40)19(34)9-10-20(35)32-18-7-5-16(6-8-18)24(29)30/h1-8,19H,9-14H2,(H3,27,28)(H3,29,30)(H,31,39)(H,32,35)(H,37,38). The van der Waals surface area contributed by atoms with Crippen molar-refractivity contribution in [2.75, 3.05) is 31.5 Å². The van der Waals surface area contributed by atoms with Gasteiger partial charge in [-0.25, -0.2) is 0 Å². The zero-order chi connectivity index (χ0) is 29.4. The predicted molar refractivity (Wildman–Crippen MR) is 145 cm³/mol. The number of nitrogens with two attached hydrogens (primary N) is 2. The van der Waals surface area contributed by atoms with Gasteiger partial charge in [0, 0.05) is 41.9 Å². The number of hydrogen-bond donors (Lipinski definition) is 7. The minimum atomic E-state index is -1.21. The molecule has 1 atom stereocenters. The number of aliphatic carboxylic acids is 1. The third kappa shape index (κ3) is 7.63. The Balaban J connectivity index is 1.64. The lowest BCUT2D eigenvalue weighted by Gasteiger charge is -2.40. The Labute approximate surface area is 229 Å². The number of carbonyl (C=O) groups excluding carboxylic acids is 4. The lowest BCUT2D eigenvalue weighted by molar-refractivity contribution is -0.155. The van der Waals surface area contributed by atoms with E-state index in [-0.39, 0.29) is 43.2 Å². The maximum absolute atomic E-state index is 13.1. The molecule has 0 aromatic heterocycles. The molecule has 2 aromatic carbocycles. The first-order chi connectivity index (χ1) is 19.0. The van der Waals surface area contributed by atoms with Gasteiger partial charge in [-0.2, -0.15) is 0 Å². The summed E-state index contributed by atoms with van der Waals surface area (Å²) in [5.41, 5.74) is 12.4. The second-order valence-corrected chi connectivity index (χ2v) is 9.01. The highest BCUT2D eigenvalue weighted by atomic mass is 16.4. The van der Waals surface area contributed by atoms with Gasteiger partial charge in [0.05, 0.1) is 6.54 Å². The van der Waals surface area contributed by atoms with Crippen molar-refractivity contribution in [1.82, 2.24) is 15.1 Å². The van der Waals surface area contributed by atoms with Crippen LogP contribution in [0.25, 0.3) is 0 Å². The van der Waals surface area contributed by atoms with Gasteiger partial charge in [-0.15, -0.1) is 0 Å². The van der Waals surface area contributed by atoms with Crippen LogP contribution in [0.4, 0.5) is 5.69 Å². The average molecular weight is 551 g/mol. The molecule has 9 N–H and O–H groups in total. The number of amides is 4. The van der Waals surface area contributed by atoms with Crippen molar-refractivity contribution in [2.45, 2.75) is 18.9 Å². The van der Waals surface area contributed by atoms with Crippen LogP contribution in [0.15, 0.2) is 48.5 Å². The molecule has 210 valence electrons. The van der Waals surface area contributed by atoms with Gasteiger partial charge in [0.2, 0.25) is 17.7 Å². The maximum atomic E-state index is 13.1. The second-order valence-electron chi connectivity index (χ2n) is 9.01. The molecule has 1 heterocycles. The molecule has 1 saturated heterocycles. The Morgan fingerprint density at radius 2 is 1.45 bits per heavy atom. The highest BCUT2D eigenvalue weighted by Crippen LogP contribution is 2.18. The third-order valence-corrected chi connectivity index (χ3v) is 6.21. The fourth-order valence-electron chi connectivity index (χ4n) is 4.12. The molecule has 0 bridgehead atoms. The summed E-state index contributed by atoms with van der Waals surface area (Å²) < 4.78 is 0. The summed E-state index contributed by atoms with van der Waals surface area (Å²) in [5, 5.41) is 29.2. The summed E-state index contributed by atoms with van der Waals surface area (Å²) in [6.07, 6.45) is -0.219. The van der Waals surface area contributed by atoms with Crippen molar-refractivity contribution in [3.05, 3.63) is 65.2 Å². The number of hydrogen-bond acceptors (Lipinski definition) is 7. The van der Waals surface area contributed by atoms with E-state index in [1.807, 2.05) is 0 Å². The molecular weight excluding hydrogens is 520 g/mol. The van der Waals surface area contributed by atoms with Crippen LogP contribution in [0.3, 0.4) is 0 Å². The maximum Gasteiger partial charge on any atom is 0.323 e. The smallest absolute Gasteiger partial charge is 0.323 e. The highest BCUT2D eigenvalue weighted by Gasteiger charge is 2.38. The number of carboxylic acid groups (broad SMARTS) is 1. The second kappa shape index (κ2) is 13.0. The first-order valence-corrected chi connectivity index (χ1v) is 12.2. The number of anilines is 1. The quantitative estimate of drug-likeness (QED) is 0.142. The fraction of sp³-hybridized carbons (Fsp3) is 0.269. The molecule has 1 aliphatic heterocycles. The summed E-state index contributed by atoms with van der Waals surface area (Å²) in [7, 11) is 0. The largest absolute Gasteiger partial charge is 0.480 e. The molecule has 0 saturated carbocycles. The summed E-state index contributed by atoms with van der Waals surface area (Å²) in [6.45, 7) is -0.952. The summed E-state index contributed by atoms with van der Waals surface area (Å²) in [5.74, 6) is -3.64. The summed E-state index contributed by atoms with van der Waals surface area (Å²) >= 11 is 0. The number of nitrogens with zero attached hydrogens (tertiary/aromatic N) is 2. The molecule has 0 radical (unpaired) electrons. The zero-order valence-electron chi connectivity index (χ0n) is 21.5.